The van der Waals surface area contributed by atoms with Crippen LogP contribution in [0.15, 0.2) is 18.3 Å². The third-order valence-corrected chi connectivity index (χ3v) is 1.24. The molecule has 0 aliphatic carbocycles. The summed E-state index contributed by atoms with van der Waals surface area (Å²) in [6, 6.07) is 2.44. The number of hydrogen-bond acceptors (Lipinski definition) is 3. The summed E-state index contributed by atoms with van der Waals surface area (Å²) in [6.45, 7) is 1.97. The van der Waals surface area contributed by atoms with Crippen molar-refractivity contribution in [3.8, 4) is 0 Å². The number of esters is 1. The number of nitrogens with zero attached hydrogens (tertiary/aromatic N) is 1. The second kappa shape index (κ2) is 3.80. The van der Waals surface area contributed by atoms with Gasteiger partial charge in [-0.05, 0) is 13.0 Å². The SMILES string of the molecule is CCOC(=O)c1ccnc([18F])c1. The molecule has 0 saturated heterocycles. The first-order chi connectivity index (χ1) is 5.74. The first-order valence-electron chi connectivity index (χ1n) is 3.52. The van der Waals surface area contributed by atoms with Gasteiger partial charge in [0, 0.05) is 12.3 Å². The van der Waals surface area contributed by atoms with E-state index in [9.17, 15) is 9.18 Å². The number of halogens is 1. The van der Waals surface area contributed by atoms with E-state index in [1.54, 1.807) is 6.92 Å². The molecule has 3 nitrogen and oxygen atoms in total. The maximum absolute atomic E-state index is 12.4. The summed E-state index contributed by atoms with van der Waals surface area (Å²) in [4.78, 5) is 14.3. The average molecular weight is 168 g/mol. The van der Waals surface area contributed by atoms with Gasteiger partial charge >= 0.3 is 5.97 Å². The molecule has 1 rings (SSSR count). The van der Waals surface area contributed by atoms with Crippen LogP contribution in [-0.4, -0.2) is 17.6 Å². The van der Waals surface area contributed by atoms with Gasteiger partial charge in [-0.1, -0.05) is 0 Å². The summed E-state index contributed by atoms with van der Waals surface area (Å²) in [7, 11) is 0. The molecule has 0 unspecified atom stereocenters. The lowest BCUT2D eigenvalue weighted by Crippen LogP contribution is -2.05. The molecule has 12 heavy (non-hydrogen) atoms. The van der Waals surface area contributed by atoms with E-state index in [0.717, 1.165) is 6.07 Å². The van der Waals surface area contributed by atoms with E-state index >= 15 is 0 Å². The summed E-state index contributed by atoms with van der Waals surface area (Å²) < 4.78 is 17.1. The Bertz CT molecular complexity index is 288. The van der Waals surface area contributed by atoms with Crippen LogP contribution in [0.3, 0.4) is 0 Å². The molecule has 0 bridgehead atoms. The Morgan fingerprint density at radius 2 is 2.50 bits per heavy atom. The molecular weight excluding hydrogens is 160 g/mol. The lowest BCUT2D eigenvalue weighted by atomic mass is 10.3. The Morgan fingerprint density at radius 1 is 1.75 bits per heavy atom. The van der Waals surface area contributed by atoms with Crippen LogP contribution in [0.2, 0.25) is 0 Å². The zero-order valence-electron chi connectivity index (χ0n) is 6.58. The van der Waals surface area contributed by atoms with Gasteiger partial charge in [0.15, 0.2) is 0 Å². The van der Waals surface area contributed by atoms with E-state index < -0.39 is 11.9 Å². The topological polar surface area (TPSA) is 39.2 Å². The van der Waals surface area contributed by atoms with Crippen LogP contribution >= 0.6 is 0 Å². The lowest BCUT2D eigenvalue weighted by Gasteiger charge is -1.99. The Kier molecular flexibility index (Phi) is 2.74. The molecular formula is C8H8FNO2. The number of rotatable bonds is 2. The Labute approximate surface area is 69.2 Å². The van der Waals surface area contributed by atoms with Crippen molar-refractivity contribution >= 4 is 5.97 Å². The van der Waals surface area contributed by atoms with E-state index in [1.807, 2.05) is 0 Å². The summed E-state index contributed by atoms with van der Waals surface area (Å²) in [5.41, 5.74) is 0.185. The third-order valence-electron chi connectivity index (χ3n) is 1.24. The van der Waals surface area contributed by atoms with E-state index in [1.165, 1.54) is 12.3 Å². The number of aromatic nitrogens is 1. The normalized spacial score (nSPS) is 9.50. The fraction of sp³-hybridized carbons (Fsp3) is 0.250. The molecule has 0 fully saturated rings. The van der Waals surface area contributed by atoms with Gasteiger partial charge in [0.1, 0.15) is 0 Å². The van der Waals surface area contributed by atoms with Crippen molar-refractivity contribution < 1.29 is 13.9 Å². The van der Waals surface area contributed by atoms with Crippen molar-refractivity contribution in [1.82, 2.24) is 4.98 Å². The van der Waals surface area contributed by atoms with Crippen molar-refractivity contribution in [3.63, 3.8) is 0 Å². The van der Waals surface area contributed by atoms with Crippen LogP contribution in [0.1, 0.15) is 17.3 Å². The summed E-state index contributed by atoms with van der Waals surface area (Å²) in [5, 5.41) is 0. The first-order valence-corrected chi connectivity index (χ1v) is 3.52. The van der Waals surface area contributed by atoms with Crippen LogP contribution in [0.25, 0.3) is 0 Å². The lowest BCUT2D eigenvalue weighted by molar-refractivity contribution is 0.0525. The molecule has 1 aromatic heterocycles. The summed E-state index contributed by atoms with van der Waals surface area (Å²) >= 11 is 0. The standard InChI is InChI=1S/C8H8FNO2/c1-2-12-8(11)6-3-4-10-7(9)5-6/h3-5H,2H2,1H3/i9-1. The molecule has 0 aromatic carbocycles. The van der Waals surface area contributed by atoms with Crippen LogP contribution in [0, 0.1) is 5.95 Å². The molecule has 0 amide bonds. The predicted octanol–water partition coefficient (Wildman–Crippen LogP) is 1.40. The van der Waals surface area contributed by atoms with Crippen LogP contribution in [-0.2, 0) is 4.74 Å². The second-order valence-corrected chi connectivity index (χ2v) is 2.09. The second-order valence-electron chi connectivity index (χ2n) is 2.09. The van der Waals surface area contributed by atoms with Gasteiger partial charge in [0.2, 0.25) is 5.95 Å². The Hall–Kier alpha value is -1.45. The fourth-order valence-corrected chi connectivity index (χ4v) is 0.744. The quantitative estimate of drug-likeness (QED) is 0.495. The van der Waals surface area contributed by atoms with Crippen molar-refractivity contribution in [1.29, 1.82) is 0 Å². The molecule has 64 valence electrons. The maximum atomic E-state index is 12.4. The number of pyridine rings is 1. The van der Waals surface area contributed by atoms with E-state index in [-0.39, 0.29) is 12.2 Å². The van der Waals surface area contributed by atoms with Gasteiger partial charge < -0.3 is 4.74 Å². The number of hydrogen-bond donors (Lipinski definition) is 0. The monoisotopic (exact) mass is 168 g/mol. The zero-order chi connectivity index (χ0) is 8.97. The van der Waals surface area contributed by atoms with Crippen molar-refractivity contribution in [2.75, 3.05) is 6.61 Å². The Morgan fingerprint density at radius 3 is 3.08 bits per heavy atom. The van der Waals surface area contributed by atoms with E-state index in [2.05, 4.69) is 9.72 Å². The van der Waals surface area contributed by atoms with E-state index in [4.69, 9.17) is 0 Å². The highest BCUT2D eigenvalue weighted by molar-refractivity contribution is 5.89. The van der Waals surface area contributed by atoms with Crippen LogP contribution < -0.4 is 0 Å². The summed E-state index contributed by atoms with van der Waals surface area (Å²) in [5.74, 6) is -1.21. The number of ether oxygens (including phenoxy) is 1. The minimum atomic E-state index is -0.680. The van der Waals surface area contributed by atoms with Gasteiger partial charge in [-0.15, -0.1) is 0 Å². The fourth-order valence-electron chi connectivity index (χ4n) is 0.744. The molecule has 4 heteroatoms. The van der Waals surface area contributed by atoms with Gasteiger partial charge in [-0.3, -0.25) is 0 Å². The molecule has 0 atom stereocenters. The van der Waals surface area contributed by atoms with Crippen molar-refractivity contribution in [3.05, 3.63) is 29.8 Å². The van der Waals surface area contributed by atoms with Crippen LogP contribution in [0.5, 0.6) is 0 Å². The smallest absolute Gasteiger partial charge is 0.338 e. The van der Waals surface area contributed by atoms with Gasteiger partial charge in [-0.25, -0.2) is 9.78 Å². The van der Waals surface area contributed by atoms with Gasteiger partial charge in [0.05, 0.1) is 12.2 Å². The van der Waals surface area contributed by atoms with E-state index in [0.29, 0.717) is 0 Å². The highest BCUT2D eigenvalue weighted by Crippen LogP contribution is 2.01. The first kappa shape index (κ1) is 8.64. The average Bonchev–Trinajstić information content (AvgIpc) is 2.05. The molecule has 0 spiro atoms. The van der Waals surface area contributed by atoms with Crippen LogP contribution in [0.4, 0.5) is 4.39 Å². The maximum Gasteiger partial charge on any atom is 0.338 e. The summed E-state index contributed by atoms with van der Waals surface area (Å²) in [6.07, 6.45) is 1.22. The minimum Gasteiger partial charge on any atom is -0.462 e. The molecule has 0 radical (unpaired) electrons. The van der Waals surface area contributed by atoms with Gasteiger partial charge in [0.25, 0.3) is 0 Å². The van der Waals surface area contributed by atoms with Crippen molar-refractivity contribution in [2.24, 2.45) is 0 Å². The highest BCUT2D eigenvalue weighted by atomic mass is 18.2. The molecule has 0 N–H and O–H groups in total. The van der Waals surface area contributed by atoms with Gasteiger partial charge in [-0.2, -0.15) is 4.39 Å². The molecule has 0 aliphatic heterocycles. The third kappa shape index (κ3) is 2.02. The highest BCUT2D eigenvalue weighted by Gasteiger charge is 2.06. The molecule has 0 aliphatic rings. The Balaban J connectivity index is 2.81. The molecule has 0 saturated carbocycles. The molecule has 1 aromatic rings. The minimum absolute atomic E-state index is 0.185. The largest absolute Gasteiger partial charge is 0.462 e. The van der Waals surface area contributed by atoms with Crippen molar-refractivity contribution in [2.45, 2.75) is 6.92 Å². The zero-order valence-corrected chi connectivity index (χ0v) is 6.58. The number of carbonyl (C=O) groups is 1. The number of carbonyl (C=O) groups excluding carboxylic acids is 1. The molecule has 1 heterocycles. The predicted molar refractivity (Wildman–Crippen MR) is 40.2 cm³/mol.